The van der Waals surface area contributed by atoms with E-state index in [1.807, 2.05) is 0 Å². The average Bonchev–Trinajstić information content (AvgIpc) is 2.39. The SMILES string of the molecule is CCOC(=O)/C([N+]#N)=C(\O)c1ccccc1C=O. The number of hydrogen-bond donors (Lipinski definition) is 1. The van der Waals surface area contributed by atoms with Gasteiger partial charge in [0.25, 0.3) is 0 Å². The van der Waals surface area contributed by atoms with Crippen LogP contribution in [0, 0.1) is 5.39 Å². The number of nitrogens with zero attached hydrogens (tertiary/aromatic N) is 2. The third kappa shape index (κ3) is 2.71. The second-order valence-corrected chi connectivity index (χ2v) is 3.22. The second kappa shape index (κ2) is 6.15. The van der Waals surface area contributed by atoms with Gasteiger partial charge in [-0.25, -0.2) is 4.79 Å². The highest BCUT2D eigenvalue weighted by molar-refractivity contribution is 5.99. The molecule has 0 heterocycles. The van der Waals surface area contributed by atoms with Crippen LogP contribution in [0.25, 0.3) is 10.7 Å². The third-order valence-corrected chi connectivity index (χ3v) is 2.14. The molecule has 0 fully saturated rings. The largest absolute Gasteiger partial charge is 0.510 e. The first kappa shape index (κ1) is 13.4. The van der Waals surface area contributed by atoms with Crippen molar-refractivity contribution in [2.75, 3.05) is 6.61 Å². The summed E-state index contributed by atoms with van der Waals surface area (Å²) in [7, 11) is 0. The Balaban J connectivity index is 3.32. The van der Waals surface area contributed by atoms with Crippen molar-refractivity contribution < 1.29 is 19.4 Å². The fourth-order valence-electron chi connectivity index (χ4n) is 1.33. The van der Waals surface area contributed by atoms with E-state index in [-0.39, 0.29) is 17.7 Å². The first-order chi connectivity index (χ1) is 8.65. The van der Waals surface area contributed by atoms with Crippen LogP contribution in [0.5, 0.6) is 0 Å². The van der Waals surface area contributed by atoms with E-state index in [0.29, 0.717) is 6.29 Å². The lowest BCUT2D eigenvalue weighted by atomic mass is 10.1. The van der Waals surface area contributed by atoms with Gasteiger partial charge in [0.05, 0.1) is 6.61 Å². The normalized spacial score (nSPS) is 11.1. The number of ether oxygens (including phenoxy) is 1. The first-order valence-corrected chi connectivity index (χ1v) is 5.15. The van der Waals surface area contributed by atoms with Gasteiger partial charge in [-0.2, -0.15) is 0 Å². The van der Waals surface area contributed by atoms with Gasteiger partial charge in [-0.05, 0) is 6.92 Å². The molecule has 0 aliphatic rings. The van der Waals surface area contributed by atoms with E-state index in [1.165, 1.54) is 12.1 Å². The minimum absolute atomic E-state index is 0.0699. The monoisotopic (exact) mass is 247 g/mol. The van der Waals surface area contributed by atoms with Crippen molar-refractivity contribution in [2.45, 2.75) is 6.92 Å². The molecule has 0 atom stereocenters. The van der Waals surface area contributed by atoms with Gasteiger partial charge in [-0.3, -0.25) is 4.79 Å². The molecule has 0 radical (unpaired) electrons. The van der Waals surface area contributed by atoms with E-state index in [0.717, 1.165) is 0 Å². The van der Waals surface area contributed by atoms with E-state index in [4.69, 9.17) is 5.39 Å². The number of aldehydes is 1. The minimum Gasteiger partial charge on any atom is -0.501 e. The molecule has 6 heteroatoms. The van der Waals surface area contributed by atoms with E-state index < -0.39 is 17.4 Å². The number of carbonyl (C=O) groups excluding carboxylic acids is 2. The van der Waals surface area contributed by atoms with E-state index >= 15 is 0 Å². The Morgan fingerprint density at radius 2 is 2.17 bits per heavy atom. The zero-order valence-electron chi connectivity index (χ0n) is 9.66. The Morgan fingerprint density at radius 3 is 2.72 bits per heavy atom. The lowest BCUT2D eigenvalue weighted by Gasteiger charge is -2.01. The maximum Gasteiger partial charge on any atom is 0.510 e. The standard InChI is InChI=1S/C12H10N2O4/c1-2-18-12(17)10(14-13)11(16)9-6-4-3-5-8(9)7-15/h3-7H,2H2,1H3/p+1. The zero-order valence-corrected chi connectivity index (χ0v) is 9.66. The molecule has 1 N–H and O–H groups in total. The van der Waals surface area contributed by atoms with Crippen molar-refractivity contribution in [3.8, 4) is 0 Å². The third-order valence-electron chi connectivity index (χ3n) is 2.14. The predicted molar refractivity (Wildman–Crippen MR) is 63.1 cm³/mol. The number of esters is 1. The summed E-state index contributed by atoms with van der Waals surface area (Å²) < 4.78 is 4.61. The van der Waals surface area contributed by atoms with Gasteiger partial charge in [0.15, 0.2) is 11.3 Å². The fraction of sp³-hybridized carbons (Fsp3) is 0.167. The molecule has 0 saturated carbocycles. The summed E-state index contributed by atoms with van der Waals surface area (Å²) in [4.78, 5) is 24.9. The van der Waals surface area contributed by atoms with Gasteiger partial charge in [-0.15, -0.1) is 0 Å². The molecule has 0 spiro atoms. The highest BCUT2D eigenvalue weighted by Crippen LogP contribution is 2.20. The molecule has 0 saturated heterocycles. The van der Waals surface area contributed by atoms with Gasteiger partial charge in [-0.1, -0.05) is 24.3 Å². The van der Waals surface area contributed by atoms with Crippen molar-refractivity contribution in [3.63, 3.8) is 0 Å². The van der Waals surface area contributed by atoms with Gasteiger partial charge in [0, 0.05) is 11.1 Å². The van der Waals surface area contributed by atoms with E-state index in [1.54, 1.807) is 19.1 Å². The molecule has 18 heavy (non-hydrogen) atoms. The Morgan fingerprint density at radius 1 is 1.50 bits per heavy atom. The van der Waals surface area contributed by atoms with Crippen molar-refractivity contribution in [1.82, 2.24) is 0 Å². The molecule has 0 unspecified atom stereocenters. The lowest BCUT2D eigenvalue weighted by molar-refractivity contribution is -0.138. The quantitative estimate of drug-likeness (QED) is 0.289. The van der Waals surface area contributed by atoms with Crippen molar-refractivity contribution in [2.24, 2.45) is 0 Å². The molecule has 0 aliphatic heterocycles. The Hall–Kier alpha value is -2.68. The molecule has 1 aromatic carbocycles. The van der Waals surface area contributed by atoms with Gasteiger partial charge < -0.3 is 9.84 Å². The topological polar surface area (TPSA) is 91.8 Å². The van der Waals surface area contributed by atoms with Crippen LogP contribution < -0.4 is 0 Å². The maximum absolute atomic E-state index is 11.4. The fourth-order valence-corrected chi connectivity index (χ4v) is 1.33. The zero-order chi connectivity index (χ0) is 13.5. The summed E-state index contributed by atoms with van der Waals surface area (Å²) in [5.41, 5.74) is -0.389. The average molecular weight is 247 g/mol. The van der Waals surface area contributed by atoms with Gasteiger partial charge in [0.1, 0.15) is 0 Å². The number of aliphatic hydroxyl groups excluding tert-OH is 1. The van der Waals surface area contributed by atoms with Crippen molar-refractivity contribution in [1.29, 1.82) is 5.39 Å². The minimum atomic E-state index is -0.974. The lowest BCUT2D eigenvalue weighted by Crippen LogP contribution is -2.08. The highest BCUT2D eigenvalue weighted by Gasteiger charge is 2.32. The number of diazo groups is 1. The van der Waals surface area contributed by atoms with Crippen LogP contribution in [0.2, 0.25) is 0 Å². The van der Waals surface area contributed by atoms with Crippen LogP contribution in [-0.4, -0.2) is 24.0 Å². The van der Waals surface area contributed by atoms with Crippen LogP contribution in [0.3, 0.4) is 0 Å². The number of benzene rings is 1. The highest BCUT2D eigenvalue weighted by atomic mass is 16.5. The number of aliphatic hydroxyl groups is 1. The van der Waals surface area contributed by atoms with Crippen molar-refractivity contribution in [3.05, 3.63) is 46.1 Å². The summed E-state index contributed by atoms with van der Waals surface area (Å²) >= 11 is 0. The second-order valence-electron chi connectivity index (χ2n) is 3.22. The number of carbonyl (C=O) groups is 2. The van der Waals surface area contributed by atoms with E-state index in [9.17, 15) is 14.7 Å². The molecule has 92 valence electrons. The summed E-state index contributed by atoms with van der Waals surface area (Å²) in [5.74, 6) is -1.59. The smallest absolute Gasteiger partial charge is 0.501 e. The molecule has 1 aromatic rings. The first-order valence-electron chi connectivity index (χ1n) is 5.15. The molecule has 0 aromatic heterocycles. The van der Waals surface area contributed by atoms with Crippen LogP contribution >= 0.6 is 0 Å². The Bertz CT molecular complexity index is 543. The number of rotatable bonds is 4. The molecular formula is C12H11N2O4+. The molecule has 0 bridgehead atoms. The molecule has 6 nitrogen and oxygen atoms in total. The van der Waals surface area contributed by atoms with Crippen LogP contribution in [-0.2, 0) is 9.53 Å². The van der Waals surface area contributed by atoms with E-state index in [2.05, 4.69) is 9.71 Å². The Labute approximate surface area is 103 Å². The summed E-state index contributed by atoms with van der Waals surface area (Å²) in [6.45, 7) is 1.64. The summed E-state index contributed by atoms with van der Waals surface area (Å²) in [6.07, 6.45) is 0.520. The predicted octanol–water partition coefficient (Wildman–Crippen LogP) is 2.14. The van der Waals surface area contributed by atoms with Crippen LogP contribution in [0.15, 0.2) is 30.0 Å². The Kier molecular flexibility index (Phi) is 4.58. The summed E-state index contributed by atoms with van der Waals surface area (Å²) in [5, 5.41) is 18.6. The van der Waals surface area contributed by atoms with Crippen LogP contribution in [0.1, 0.15) is 22.8 Å². The molecule has 1 rings (SSSR count). The van der Waals surface area contributed by atoms with Gasteiger partial charge in [0.2, 0.25) is 11.2 Å². The summed E-state index contributed by atoms with van der Waals surface area (Å²) in [6, 6.07) is 6.04. The molecule has 0 amide bonds. The van der Waals surface area contributed by atoms with Gasteiger partial charge >= 0.3 is 11.7 Å². The van der Waals surface area contributed by atoms with Crippen LogP contribution in [0.4, 0.5) is 0 Å². The molecule has 0 aliphatic carbocycles. The molecular weight excluding hydrogens is 236 g/mol. The maximum atomic E-state index is 11.4. The number of hydrogen-bond acceptors (Lipinski definition) is 5. The van der Waals surface area contributed by atoms with Crippen molar-refractivity contribution >= 4 is 18.0 Å².